The molecule has 124 valence electrons. The van der Waals surface area contributed by atoms with Crippen molar-refractivity contribution in [3.63, 3.8) is 0 Å². The molecule has 3 heterocycles. The van der Waals surface area contributed by atoms with E-state index in [1.165, 1.54) is 29.7 Å². The summed E-state index contributed by atoms with van der Waals surface area (Å²) in [5.41, 5.74) is 4.01. The Bertz CT molecular complexity index is 739. The maximum absolute atomic E-state index is 4.33. The lowest BCUT2D eigenvalue weighted by Gasteiger charge is -2.31. The molecule has 0 saturated carbocycles. The van der Waals surface area contributed by atoms with E-state index in [1.54, 1.807) is 0 Å². The average molecular weight is 321 g/mol. The normalized spacial score (nSPS) is 16.5. The minimum atomic E-state index is 0.582. The van der Waals surface area contributed by atoms with Gasteiger partial charge in [0.15, 0.2) is 0 Å². The van der Waals surface area contributed by atoms with Crippen molar-refractivity contribution in [3.05, 3.63) is 71.6 Å². The summed E-state index contributed by atoms with van der Waals surface area (Å²) in [5.74, 6) is 1.64. The molecule has 5 nitrogen and oxygen atoms in total. The van der Waals surface area contributed by atoms with E-state index in [4.69, 9.17) is 0 Å². The molecule has 0 spiro atoms. The predicted molar refractivity (Wildman–Crippen MR) is 93.7 cm³/mol. The van der Waals surface area contributed by atoms with E-state index in [1.807, 2.05) is 18.6 Å². The van der Waals surface area contributed by atoms with Gasteiger partial charge < -0.3 is 4.98 Å². The van der Waals surface area contributed by atoms with Gasteiger partial charge in [-0.1, -0.05) is 30.3 Å². The Morgan fingerprint density at radius 1 is 1.12 bits per heavy atom. The largest absolute Gasteiger partial charge is 0.348 e. The Hall–Kier alpha value is -2.40. The third kappa shape index (κ3) is 3.41. The molecule has 3 aromatic rings. The van der Waals surface area contributed by atoms with E-state index < -0.39 is 0 Å². The number of nitrogens with one attached hydrogen (secondary N) is 2. The van der Waals surface area contributed by atoms with Gasteiger partial charge in [0.2, 0.25) is 0 Å². The predicted octanol–water partition coefficient (Wildman–Crippen LogP) is 3.10. The van der Waals surface area contributed by atoms with Crippen LogP contribution >= 0.6 is 0 Å². The van der Waals surface area contributed by atoms with Gasteiger partial charge in [0.05, 0.1) is 12.7 Å². The summed E-state index contributed by atoms with van der Waals surface area (Å²) < 4.78 is 0. The summed E-state index contributed by atoms with van der Waals surface area (Å²) in [4.78, 5) is 9.99. The summed E-state index contributed by atoms with van der Waals surface area (Å²) in [6.07, 6.45) is 9.01. The van der Waals surface area contributed by atoms with Gasteiger partial charge in [-0.05, 0) is 37.1 Å². The molecule has 2 aromatic heterocycles. The van der Waals surface area contributed by atoms with Crippen molar-refractivity contribution >= 4 is 0 Å². The van der Waals surface area contributed by atoms with Crippen LogP contribution in [0.5, 0.6) is 0 Å². The van der Waals surface area contributed by atoms with Crippen LogP contribution in [-0.2, 0) is 13.0 Å². The third-order valence-corrected chi connectivity index (χ3v) is 4.91. The second-order valence-corrected chi connectivity index (χ2v) is 6.56. The first-order valence-electron chi connectivity index (χ1n) is 8.65. The van der Waals surface area contributed by atoms with Crippen LogP contribution in [0.3, 0.4) is 0 Å². The molecular weight excluding hydrogens is 298 g/mol. The number of hydrogen-bond donors (Lipinski definition) is 2. The second kappa shape index (κ2) is 7.01. The summed E-state index contributed by atoms with van der Waals surface area (Å²) in [5, 5.41) is 7.59. The van der Waals surface area contributed by atoms with E-state index in [0.29, 0.717) is 5.92 Å². The van der Waals surface area contributed by atoms with Gasteiger partial charge in [0.1, 0.15) is 5.82 Å². The zero-order chi connectivity index (χ0) is 16.2. The molecule has 0 bridgehead atoms. The highest BCUT2D eigenvalue weighted by Crippen LogP contribution is 2.30. The maximum atomic E-state index is 4.33. The highest BCUT2D eigenvalue weighted by molar-refractivity contribution is 5.29. The summed E-state index contributed by atoms with van der Waals surface area (Å²) in [7, 11) is 0. The van der Waals surface area contributed by atoms with Gasteiger partial charge in [0.25, 0.3) is 0 Å². The lowest BCUT2D eigenvalue weighted by Crippen LogP contribution is -2.33. The first kappa shape index (κ1) is 15.1. The molecule has 1 aromatic carbocycles. The Labute approximate surface area is 142 Å². The van der Waals surface area contributed by atoms with Crippen molar-refractivity contribution in [3.8, 4) is 0 Å². The first-order chi connectivity index (χ1) is 11.9. The molecule has 1 saturated heterocycles. The molecule has 0 unspecified atom stereocenters. The number of aromatic nitrogens is 4. The van der Waals surface area contributed by atoms with E-state index >= 15 is 0 Å². The van der Waals surface area contributed by atoms with Crippen LogP contribution < -0.4 is 0 Å². The molecular formula is C19H23N5. The molecule has 24 heavy (non-hydrogen) atoms. The van der Waals surface area contributed by atoms with Gasteiger partial charge in [0, 0.05) is 30.4 Å². The van der Waals surface area contributed by atoms with Crippen LogP contribution in [0.4, 0.5) is 0 Å². The molecule has 1 aliphatic heterocycles. The fourth-order valence-electron chi connectivity index (χ4n) is 3.61. The molecule has 0 amide bonds. The molecule has 2 N–H and O–H groups in total. The molecule has 5 heteroatoms. The summed E-state index contributed by atoms with van der Waals surface area (Å²) >= 11 is 0. The minimum Gasteiger partial charge on any atom is -0.348 e. The number of aromatic amines is 2. The molecule has 0 radical (unpaired) electrons. The number of nitrogens with zero attached hydrogens (tertiary/aromatic N) is 3. The highest BCUT2D eigenvalue weighted by Gasteiger charge is 2.24. The fourth-order valence-corrected chi connectivity index (χ4v) is 3.61. The van der Waals surface area contributed by atoms with Crippen molar-refractivity contribution in [1.82, 2.24) is 25.1 Å². The molecule has 0 aliphatic carbocycles. The number of piperidine rings is 1. The van der Waals surface area contributed by atoms with Crippen molar-refractivity contribution in [2.24, 2.45) is 0 Å². The zero-order valence-electron chi connectivity index (χ0n) is 13.8. The number of hydrogen-bond acceptors (Lipinski definition) is 3. The third-order valence-electron chi connectivity index (χ3n) is 4.91. The van der Waals surface area contributed by atoms with Crippen LogP contribution in [0.25, 0.3) is 0 Å². The van der Waals surface area contributed by atoms with E-state index in [2.05, 4.69) is 55.4 Å². The number of H-pyrrole nitrogens is 2. The molecule has 1 fully saturated rings. The second-order valence-electron chi connectivity index (χ2n) is 6.56. The Morgan fingerprint density at radius 2 is 1.96 bits per heavy atom. The van der Waals surface area contributed by atoms with Crippen LogP contribution in [0.15, 0.2) is 48.9 Å². The van der Waals surface area contributed by atoms with Gasteiger partial charge in [-0.25, -0.2) is 4.98 Å². The minimum absolute atomic E-state index is 0.582. The van der Waals surface area contributed by atoms with Crippen molar-refractivity contribution in [1.29, 1.82) is 0 Å². The monoisotopic (exact) mass is 321 g/mol. The molecule has 0 atom stereocenters. The van der Waals surface area contributed by atoms with Crippen molar-refractivity contribution < 1.29 is 0 Å². The van der Waals surface area contributed by atoms with Crippen LogP contribution in [-0.4, -0.2) is 38.2 Å². The summed E-state index contributed by atoms with van der Waals surface area (Å²) in [6, 6.07) is 10.6. The van der Waals surface area contributed by atoms with E-state index in [9.17, 15) is 0 Å². The SMILES string of the molecule is c1ccc(Cc2cn[nH]c2C2CCN(Cc3ncc[nH]3)CC2)cc1. The number of likely N-dealkylation sites (tertiary alicyclic amines) is 1. The van der Waals surface area contributed by atoms with Gasteiger partial charge in [-0.2, -0.15) is 5.10 Å². The number of imidazole rings is 1. The lowest BCUT2D eigenvalue weighted by molar-refractivity contribution is 0.199. The Kier molecular flexibility index (Phi) is 4.42. The van der Waals surface area contributed by atoms with Crippen molar-refractivity contribution in [2.75, 3.05) is 13.1 Å². The first-order valence-corrected chi connectivity index (χ1v) is 8.65. The topological polar surface area (TPSA) is 60.6 Å². The number of rotatable bonds is 5. The maximum Gasteiger partial charge on any atom is 0.120 e. The average Bonchev–Trinajstić information content (AvgIpc) is 3.29. The van der Waals surface area contributed by atoms with Crippen LogP contribution in [0, 0.1) is 0 Å². The van der Waals surface area contributed by atoms with Crippen LogP contribution in [0.2, 0.25) is 0 Å². The van der Waals surface area contributed by atoms with E-state index in [0.717, 1.165) is 31.9 Å². The van der Waals surface area contributed by atoms with Gasteiger partial charge >= 0.3 is 0 Å². The smallest absolute Gasteiger partial charge is 0.120 e. The van der Waals surface area contributed by atoms with Gasteiger partial charge in [-0.3, -0.25) is 10.00 Å². The Balaban J connectivity index is 1.38. The zero-order valence-corrected chi connectivity index (χ0v) is 13.8. The molecule has 1 aliphatic rings. The summed E-state index contributed by atoms with van der Waals surface area (Å²) in [6.45, 7) is 3.13. The number of benzene rings is 1. The Morgan fingerprint density at radius 3 is 2.71 bits per heavy atom. The van der Waals surface area contributed by atoms with E-state index in [-0.39, 0.29) is 0 Å². The fraction of sp³-hybridized carbons (Fsp3) is 0.368. The van der Waals surface area contributed by atoms with Gasteiger partial charge in [-0.15, -0.1) is 0 Å². The standard InChI is InChI=1S/C19H23N5/c1-2-4-15(5-3-1)12-17-13-22-23-19(17)16-6-10-24(11-7-16)14-18-20-8-9-21-18/h1-5,8-9,13,16H,6-7,10-12,14H2,(H,20,21)(H,22,23). The van der Waals surface area contributed by atoms with Crippen LogP contribution in [0.1, 0.15) is 41.4 Å². The van der Waals surface area contributed by atoms with Crippen molar-refractivity contribution in [2.45, 2.75) is 31.7 Å². The molecule has 4 rings (SSSR count). The highest BCUT2D eigenvalue weighted by atomic mass is 15.2. The lowest BCUT2D eigenvalue weighted by atomic mass is 9.90. The quantitative estimate of drug-likeness (QED) is 0.759.